The lowest BCUT2D eigenvalue weighted by Crippen LogP contribution is -2.36. The second-order valence-electron chi connectivity index (χ2n) is 3.24. The quantitative estimate of drug-likeness (QED) is 0.604. The van der Waals surface area contributed by atoms with E-state index in [0.717, 1.165) is 0 Å². The van der Waals surface area contributed by atoms with Crippen molar-refractivity contribution in [2.75, 3.05) is 27.3 Å². The highest BCUT2D eigenvalue weighted by molar-refractivity contribution is 7.89. The van der Waals surface area contributed by atoms with Gasteiger partial charge in [0.2, 0.25) is 10.0 Å². The van der Waals surface area contributed by atoms with Gasteiger partial charge in [0.15, 0.2) is 5.25 Å². The molecule has 0 N–H and O–H groups in total. The molecule has 0 saturated carbocycles. The summed E-state index contributed by atoms with van der Waals surface area (Å²) in [6, 6.07) is 1.80. The smallest absolute Gasteiger partial charge is 0.230 e. The van der Waals surface area contributed by atoms with Crippen molar-refractivity contribution >= 4 is 10.0 Å². The highest BCUT2D eigenvalue weighted by Gasteiger charge is 2.27. The zero-order chi connectivity index (χ0) is 11.9. The number of nitrogens with zero attached hydrogens (tertiary/aromatic N) is 2. The van der Waals surface area contributed by atoms with Gasteiger partial charge in [0.25, 0.3) is 0 Å². The second kappa shape index (κ2) is 6.77. The lowest BCUT2D eigenvalue weighted by molar-refractivity contribution is 0.189. The zero-order valence-corrected chi connectivity index (χ0v) is 10.2. The summed E-state index contributed by atoms with van der Waals surface area (Å²) in [5.74, 6) is 0. The minimum Gasteiger partial charge on any atom is -0.385 e. The van der Waals surface area contributed by atoms with E-state index >= 15 is 0 Å². The normalized spacial score (nSPS) is 13.8. The molecule has 88 valence electrons. The number of rotatable bonds is 7. The fourth-order valence-electron chi connectivity index (χ4n) is 1.14. The largest absolute Gasteiger partial charge is 0.385 e. The first-order valence-corrected chi connectivity index (χ1v) is 6.34. The molecule has 0 aromatic carbocycles. The first-order chi connectivity index (χ1) is 7.00. The van der Waals surface area contributed by atoms with E-state index in [1.165, 1.54) is 11.4 Å². The predicted molar refractivity (Wildman–Crippen MR) is 57.7 cm³/mol. The summed E-state index contributed by atoms with van der Waals surface area (Å²) in [6.07, 6.45) is 0.946. The van der Waals surface area contributed by atoms with E-state index in [0.29, 0.717) is 26.0 Å². The lowest BCUT2D eigenvalue weighted by atomic mass is 10.4. The van der Waals surface area contributed by atoms with Gasteiger partial charge in [-0.05, 0) is 12.8 Å². The van der Waals surface area contributed by atoms with Crippen LogP contribution >= 0.6 is 0 Å². The first-order valence-electron chi connectivity index (χ1n) is 4.84. The molecule has 6 heteroatoms. The Balaban J connectivity index is 4.39. The van der Waals surface area contributed by atoms with E-state index in [1.807, 2.05) is 0 Å². The highest BCUT2D eigenvalue weighted by Crippen LogP contribution is 2.10. The maximum absolute atomic E-state index is 11.7. The number of nitriles is 1. The van der Waals surface area contributed by atoms with Gasteiger partial charge >= 0.3 is 0 Å². The van der Waals surface area contributed by atoms with Crippen molar-refractivity contribution in [3.05, 3.63) is 0 Å². The van der Waals surface area contributed by atoms with Crippen LogP contribution in [0.25, 0.3) is 0 Å². The summed E-state index contributed by atoms with van der Waals surface area (Å²) in [5.41, 5.74) is 0. The average Bonchev–Trinajstić information content (AvgIpc) is 2.19. The Kier molecular flexibility index (Phi) is 6.48. The maximum Gasteiger partial charge on any atom is 0.230 e. The Morgan fingerprint density at radius 2 is 2.13 bits per heavy atom. The Bertz CT molecular complexity index is 308. The SMILES string of the molecule is CCC(C#N)S(=O)(=O)N(C)CCCOC. The predicted octanol–water partition coefficient (Wildman–Crippen LogP) is 0.587. The van der Waals surface area contributed by atoms with Crippen molar-refractivity contribution in [3.8, 4) is 6.07 Å². The third-order valence-electron chi connectivity index (χ3n) is 2.13. The minimum absolute atomic E-state index is 0.313. The Morgan fingerprint density at radius 3 is 2.53 bits per heavy atom. The zero-order valence-electron chi connectivity index (χ0n) is 9.43. The molecule has 15 heavy (non-hydrogen) atoms. The molecule has 5 nitrogen and oxygen atoms in total. The molecule has 1 atom stereocenters. The van der Waals surface area contributed by atoms with Gasteiger partial charge in [0.05, 0.1) is 6.07 Å². The van der Waals surface area contributed by atoms with Crippen molar-refractivity contribution in [1.82, 2.24) is 4.31 Å². The molecule has 0 rings (SSSR count). The average molecular weight is 234 g/mol. The molecule has 0 amide bonds. The van der Waals surface area contributed by atoms with E-state index < -0.39 is 15.3 Å². The van der Waals surface area contributed by atoms with Crippen molar-refractivity contribution < 1.29 is 13.2 Å². The Morgan fingerprint density at radius 1 is 1.53 bits per heavy atom. The van der Waals surface area contributed by atoms with E-state index in [-0.39, 0.29) is 0 Å². The maximum atomic E-state index is 11.7. The summed E-state index contributed by atoms with van der Waals surface area (Å²) in [5, 5.41) is 7.76. The number of hydrogen-bond acceptors (Lipinski definition) is 4. The molecular formula is C9H18N2O3S. The van der Waals surface area contributed by atoms with Gasteiger partial charge in [-0.15, -0.1) is 0 Å². The van der Waals surface area contributed by atoms with Crippen LogP contribution in [0.1, 0.15) is 19.8 Å². The van der Waals surface area contributed by atoms with Gasteiger partial charge in [-0.25, -0.2) is 12.7 Å². The van der Waals surface area contributed by atoms with E-state index in [4.69, 9.17) is 10.00 Å². The molecule has 0 aromatic heterocycles. The van der Waals surface area contributed by atoms with Crippen LogP contribution < -0.4 is 0 Å². The molecule has 0 saturated heterocycles. The molecule has 0 aliphatic carbocycles. The van der Waals surface area contributed by atoms with E-state index in [9.17, 15) is 8.42 Å². The number of methoxy groups -OCH3 is 1. The molecule has 0 heterocycles. The van der Waals surface area contributed by atoms with Gasteiger partial charge in [-0.3, -0.25) is 0 Å². The molecule has 0 bridgehead atoms. The second-order valence-corrected chi connectivity index (χ2v) is 5.46. The molecule has 0 aromatic rings. The van der Waals surface area contributed by atoms with Crippen molar-refractivity contribution in [2.45, 2.75) is 25.0 Å². The summed E-state index contributed by atoms with van der Waals surface area (Å²) >= 11 is 0. The van der Waals surface area contributed by atoms with Crippen LogP contribution in [0.2, 0.25) is 0 Å². The van der Waals surface area contributed by atoms with E-state index in [1.54, 1.807) is 20.1 Å². The molecule has 0 aliphatic rings. The summed E-state index contributed by atoms with van der Waals surface area (Å²) in [6.45, 7) is 2.59. The monoisotopic (exact) mass is 234 g/mol. The number of hydrogen-bond donors (Lipinski definition) is 0. The molecule has 0 radical (unpaired) electrons. The standard InChI is InChI=1S/C9H18N2O3S/c1-4-9(8-10)15(12,13)11(2)6-5-7-14-3/h9H,4-7H2,1-3H3. The van der Waals surface area contributed by atoms with Crippen molar-refractivity contribution in [1.29, 1.82) is 5.26 Å². The van der Waals surface area contributed by atoms with Crippen LogP contribution in [0.3, 0.4) is 0 Å². The highest BCUT2D eigenvalue weighted by atomic mass is 32.2. The fraction of sp³-hybridized carbons (Fsp3) is 0.889. The molecule has 0 spiro atoms. The first kappa shape index (κ1) is 14.4. The summed E-state index contributed by atoms with van der Waals surface area (Å²) in [4.78, 5) is 0. The fourth-order valence-corrected chi connectivity index (χ4v) is 2.52. The van der Waals surface area contributed by atoms with Crippen LogP contribution in [-0.4, -0.2) is 45.3 Å². The number of sulfonamides is 1. The van der Waals surface area contributed by atoms with E-state index in [2.05, 4.69) is 0 Å². The van der Waals surface area contributed by atoms with Crippen LogP contribution in [0.5, 0.6) is 0 Å². The number of ether oxygens (including phenoxy) is 1. The van der Waals surface area contributed by atoms with Gasteiger partial charge in [0, 0.05) is 27.3 Å². The Labute approximate surface area is 91.7 Å². The van der Waals surface area contributed by atoms with Crippen LogP contribution in [0.15, 0.2) is 0 Å². The van der Waals surface area contributed by atoms with Gasteiger partial charge in [0.1, 0.15) is 0 Å². The van der Waals surface area contributed by atoms with Crippen LogP contribution in [-0.2, 0) is 14.8 Å². The van der Waals surface area contributed by atoms with Crippen molar-refractivity contribution in [3.63, 3.8) is 0 Å². The molecule has 0 aliphatic heterocycles. The topological polar surface area (TPSA) is 70.4 Å². The van der Waals surface area contributed by atoms with Gasteiger partial charge in [-0.1, -0.05) is 6.92 Å². The molecule has 0 fully saturated rings. The van der Waals surface area contributed by atoms with Crippen LogP contribution in [0, 0.1) is 11.3 Å². The van der Waals surface area contributed by atoms with Crippen molar-refractivity contribution in [2.24, 2.45) is 0 Å². The lowest BCUT2D eigenvalue weighted by Gasteiger charge is -2.19. The summed E-state index contributed by atoms with van der Waals surface area (Å²) in [7, 11) is -0.406. The summed E-state index contributed by atoms with van der Waals surface area (Å²) < 4.78 is 29.6. The molecular weight excluding hydrogens is 216 g/mol. The Hall–Kier alpha value is -0.640. The van der Waals surface area contributed by atoms with Crippen LogP contribution in [0.4, 0.5) is 0 Å². The van der Waals surface area contributed by atoms with Gasteiger partial charge < -0.3 is 4.74 Å². The third-order valence-corrected chi connectivity index (χ3v) is 4.34. The molecule has 1 unspecified atom stereocenters. The minimum atomic E-state index is -3.47. The third kappa shape index (κ3) is 4.16. The van der Waals surface area contributed by atoms with Gasteiger partial charge in [-0.2, -0.15) is 5.26 Å².